The summed E-state index contributed by atoms with van der Waals surface area (Å²) >= 11 is 6.05. The van der Waals surface area contributed by atoms with Crippen LogP contribution in [0.1, 0.15) is 25.0 Å². The number of anilines is 2. The predicted molar refractivity (Wildman–Crippen MR) is 92.8 cm³/mol. The van der Waals surface area contributed by atoms with Crippen LogP contribution in [0.15, 0.2) is 23.0 Å². The Bertz CT molecular complexity index is 822. The van der Waals surface area contributed by atoms with E-state index in [1.54, 1.807) is 6.07 Å². The van der Waals surface area contributed by atoms with Gasteiger partial charge in [0, 0.05) is 43.9 Å². The molecule has 24 heavy (non-hydrogen) atoms. The molecule has 0 saturated carbocycles. The number of fused-ring (bicyclic) bond motifs is 4. The van der Waals surface area contributed by atoms with E-state index < -0.39 is 0 Å². The Morgan fingerprint density at radius 1 is 1.25 bits per heavy atom. The SMILES string of the molecule is CCNc1nc(Cl)nc(N2C[C@@H]3C[C@H](C2)c2cccc(=O)n2C3)n1. The zero-order chi connectivity index (χ0) is 16.7. The highest BCUT2D eigenvalue weighted by Crippen LogP contribution is 2.36. The third kappa shape index (κ3) is 2.73. The summed E-state index contributed by atoms with van der Waals surface area (Å²) in [6.07, 6.45) is 1.10. The van der Waals surface area contributed by atoms with Crippen LogP contribution in [-0.2, 0) is 6.54 Å². The second-order valence-electron chi connectivity index (χ2n) is 6.36. The van der Waals surface area contributed by atoms with Crippen LogP contribution in [0.2, 0.25) is 5.28 Å². The summed E-state index contributed by atoms with van der Waals surface area (Å²) in [5, 5.41) is 3.28. The van der Waals surface area contributed by atoms with Gasteiger partial charge in [-0.3, -0.25) is 4.79 Å². The molecule has 2 bridgehead atoms. The minimum atomic E-state index is 0.0910. The molecule has 0 aliphatic carbocycles. The Labute approximate surface area is 144 Å². The molecule has 2 aromatic rings. The fraction of sp³-hybridized carbons (Fsp3) is 0.500. The highest BCUT2D eigenvalue weighted by molar-refractivity contribution is 6.28. The molecule has 1 N–H and O–H groups in total. The van der Waals surface area contributed by atoms with E-state index in [0.717, 1.165) is 38.3 Å². The van der Waals surface area contributed by atoms with Gasteiger partial charge in [-0.25, -0.2) is 0 Å². The van der Waals surface area contributed by atoms with Crippen LogP contribution in [0.3, 0.4) is 0 Å². The molecule has 0 spiro atoms. The van der Waals surface area contributed by atoms with E-state index >= 15 is 0 Å². The first kappa shape index (κ1) is 15.4. The maximum Gasteiger partial charge on any atom is 0.250 e. The lowest BCUT2D eigenvalue weighted by atomic mass is 9.83. The van der Waals surface area contributed by atoms with E-state index in [0.29, 0.717) is 23.7 Å². The summed E-state index contributed by atoms with van der Waals surface area (Å²) in [6, 6.07) is 5.53. The first-order valence-corrected chi connectivity index (χ1v) is 8.62. The van der Waals surface area contributed by atoms with Crippen LogP contribution < -0.4 is 15.8 Å². The van der Waals surface area contributed by atoms with Crippen LogP contribution in [0, 0.1) is 5.92 Å². The zero-order valence-corrected chi connectivity index (χ0v) is 14.2. The third-order valence-electron chi connectivity index (χ3n) is 4.69. The molecule has 126 valence electrons. The van der Waals surface area contributed by atoms with Crippen LogP contribution in [-0.4, -0.2) is 39.2 Å². The predicted octanol–water partition coefficient (Wildman–Crippen LogP) is 1.74. The van der Waals surface area contributed by atoms with Gasteiger partial charge in [-0.2, -0.15) is 15.0 Å². The van der Waals surface area contributed by atoms with E-state index in [-0.39, 0.29) is 10.8 Å². The molecule has 2 atom stereocenters. The molecule has 1 fully saturated rings. The average Bonchev–Trinajstić information content (AvgIpc) is 2.55. The van der Waals surface area contributed by atoms with Crippen molar-refractivity contribution >= 4 is 23.5 Å². The Morgan fingerprint density at radius 2 is 2.12 bits per heavy atom. The van der Waals surface area contributed by atoms with Crippen molar-refractivity contribution < 1.29 is 0 Å². The van der Waals surface area contributed by atoms with Crippen molar-refractivity contribution in [3.63, 3.8) is 0 Å². The van der Waals surface area contributed by atoms with E-state index in [2.05, 4.69) is 31.2 Å². The second-order valence-corrected chi connectivity index (χ2v) is 6.70. The van der Waals surface area contributed by atoms with Crippen molar-refractivity contribution in [2.75, 3.05) is 29.9 Å². The highest BCUT2D eigenvalue weighted by Gasteiger charge is 2.35. The quantitative estimate of drug-likeness (QED) is 0.912. The van der Waals surface area contributed by atoms with Crippen LogP contribution in [0.25, 0.3) is 0 Å². The number of hydrogen-bond acceptors (Lipinski definition) is 6. The van der Waals surface area contributed by atoms with Crippen LogP contribution in [0.4, 0.5) is 11.9 Å². The fourth-order valence-corrected chi connectivity index (χ4v) is 3.93. The molecule has 0 amide bonds. The topological polar surface area (TPSA) is 75.9 Å². The largest absolute Gasteiger partial charge is 0.354 e. The van der Waals surface area contributed by atoms with Crippen molar-refractivity contribution in [3.8, 4) is 0 Å². The van der Waals surface area contributed by atoms with Gasteiger partial charge in [-0.05, 0) is 36.9 Å². The van der Waals surface area contributed by atoms with Crippen molar-refractivity contribution in [2.24, 2.45) is 5.92 Å². The molecule has 4 rings (SSSR count). The van der Waals surface area contributed by atoms with Gasteiger partial charge in [0.2, 0.25) is 17.2 Å². The summed E-state index contributed by atoms with van der Waals surface area (Å²) in [5.74, 6) is 1.83. The lowest BCUT2D eigenvalue weighted by molar-refractivity contribution is 0.279. The van der Waals surface area contributed by atoms with Crippen LogP contribution in [0.5, 0.6) is 0 Å². The zero-order valence-electron chi connectivity index (χ0n) is 13.4. The standard InChI is InChI=1S/C16H19ClN6O/c1-2-18-15-19-14(17)20-16(21-15)22-7-10-6-11(9-22)12-4-3-5-13(24)23(12)8-10/h3-5,10-11H,2,6-9H2,1H3,(H,18,19,20,21)/t10-,11+/m0/s1. The molecular weight excluding hydrogens is 328 g/mol. The molecule has 2 aliphatic heterocycles. The smallest absolute Gasteiger partial charge is 0.250 e. The molecule has 2 aromatic heterocycles. The van der Waals surface area contributed by atoms with Crippen molar-refractivity contribution in [3.05, 3.63) is 39.5 Å². The van der Waals surface area contributed by atoms with Crippen molar-refractivity contribution in [1.82, 2.24) is 19.5 Å². The maximum atomic E-state index is 12.1. The summed E-state index contributed by atoms with van der Waals surface area (Å²) in [5.41, 5.74) is 1.20. The first-order chi connectivity index (χ1) is 11.6. The van der Waals surface area contributed by atoms with Crippen LogP contribution >= 0.6 is 11.6 Å². The van der Waals surface area contributed by atoms with Crippen molar-refractivity contribution in [1.29, 1.82) is 0 Å². The van der Waals surface area contributed by atoms with Gasteiger partial charge in [0.05, 0.1) is 0 Å². The number of hydrogen-bond donors (Lipinski definition) is 1. The maximum absolute atomic E-state index is 12.1. The summed E-state index contributed by atoms with van der Waals surface area (Å²) in [4.78, 5) is 27.1. The number of nitrogens with zero attached hydrogens (tertiary/aromatic N) is 5. The van der Waals surface area contributed by atoms with Crippen molar-refractivity contribution in [2.45, 2.75) is 25.8 Å². The van der Waals surface area contributed by atoms with E-state index in [4.69, 9.17) is 11.6 Å². The van der Waals surface area contributed by atoms with E-state index in [1.807, 2.05) is 17.6 Å². The van der Waals surface area contributed by atoms with Gasteiger partial charge >= 0.3 is 0 Å². The molecule has 7 nitrogen and oxygen atoms in total. The number of pyridine rings is 1. The van der Waals surface area contributed by atoms with Gasteiger partial charge in [0.15, 0.2) is 0 Å². The number of nitrogens with one attached hydrogen (secondary N) is 1. The molecule has 8 heteroatoms. The molecule has 0 aromatic carbocycles. The Morgan fingerprint density at radius 3 is 2.96 bits per heavy atom. The van der Waals surface area contributed by atoms with Gasteiger partial charge in [-0.1, -0.05) is 6.07 Å². The first-order valence-electron chi connectivity index (χ1n) is 8.24. The minimum Gasteiger partial charge on any atom is -0.354 e. The minimum absolute atomic E-state index is 0.0910. The van der Waals surface area contributed by atoms with Gasteiger partial charge < -0.3 is 14.8 Å². The van der Waals surface area contributed by atoms with Gasteiger partial charge in [-0.15, -0.1) is 0 Å². The molecular formula is C16H19ClN6O. The average molecular weight is 347 g/mol. The molecule has 0 radical (unpaired) electrons. The number of rotatable bonds is 3. The monoisotopic (exact) mass is 346 g/mol. The van der Waals surface area contributed by atoms with E-state index in [1.165, 1.54) is 0 Å². The number of piperidine rings is 1. The summed E-state index contributed by atoms with van der Waals surface area (Å²) < 4.78 is 1.92. The Kier molecular flexibility index (Phi) is 3.88. The highest BCUT2D eigenvalue weighted by atomic mass is 35.5. The molecule has 1 saturated heterocycles. The second kappa shape index (κ2) is 6.05. The Balaban J connectivity index is 1.66. The third-order valence-corrected chi connectivity index (χ3v) is 4.86. The number of aromatic nitrogens is 4. The lowest BCUT2D eigenvalue weighted by Gasteiger charge is -2.42. The van der Waals surface area contributed by atoms with Gasteiger partial charge in [0.1, 0.15) is 0 Å². The molecule has 4 heterocycles. The normalized spacial score (nSPS) is 22.2. The Hall–Kier alpha value is -2.15. The molecule has 2 aliphatic rings. The van der Waals surface area contributed by atoms with Gasteiger partial charge in [0.25, 0.3) is 5.56 Å². The summed E-state index contributed by atoms with van der Waals surface area (Å²) in [6.45, 7) is 5.06. The van der Waals surface area contributed by atoms with E-state index in [9.17, 15) is 4.79 Å². The summed E-state index contributed by atoms with van der Waals surface area (Å²) in [7, 11) is 0. The lowest BCUT2D eigenvalue weighted by Crippen LogP contribution is -2.47. The number of halogens is 1. The molecule has 0 unspecified atom stereocenters. The fourth-order valence-electron chi connectivity index (χ4n) is 3.78.